The lowest BCUT2D eigenvalue weighted by atomic mass is 10.0. The molecule has 0 bridgehead atoms. The van der Waals surface area contributed by atoms with Gasteiger partial charge in [0, 0.05) is 64.1 Å². The van der Waals surface area contributed by atoms with Crippen LogP contribution in [-0.2, 0) is 59.8 Å². The SMILES string of the molecule is Cc1c2c(n(CCc3c4c(n(C)c(=O)c3Cl)CN(C(=O)c3cnn(CC(C)C)c3)C4)c(=O)c1Cl)CN(C(=O)c1cn(C)cn1)C2. The fraction of sp³-hybridized carbons (Fsp3) is 0.419. The van der Waals surface area contributed by atoms with Crippen molar-refractivity contribution in [2.75, 3.05) is 0 Å². The van der Waals surface area contributed by atoms with Gasteiger partial charge in [-0.1, -0.05) is 37.0 Å². The van der Waals surface area contributed by atoms with E-state index in [-0.39, 0.29) is 65.6 Å². The molecule has 6 heterocycles. The number of rotatable bonds is 7. The van der Waals surface area contributed by atoms with E-state index in [1.165, 1.54) is 4.57 Å². The fourth-order valence-electron chi connectivity index (χ4n) is 6.28. The number of imidazole rings is 1. The Labute approximate surface area is 269 Å². The maximum Gasteiger partial charge on any atom is 0.274 e. The molecular formula is C31H34Cl2N8O4. The average molecular weight is 654 g/mol. The van der Waals surface area contributed by atoms with Gasteiger partial charge in [-0.05, 0) is 41.5 Å². The van der Waals surface area contributed by atoms with Gasteiger partial charge >= 0.3 is 0 Å². The minimum atomic E-state index is -0.369. The van der Waals surface area contributed by atoms with E-state index in [1.54, 1.807) is 69.6 Å². The monoisotopic (exact) mass is 652 g/mol. The summed E-state index contributed by atoms with van der Waals surface area (Å²) in [6.45, 7) is 7.84. The number of carbonyl (C=O) groups is 2. The van der Waals surface area contributed by atoms with Crippen molar-refractivity contribution in [3.8, 4) is 0 Å². The molecule has 0 saturated carbocycles. The minimum Gasteiger partial charge on any atom is -0.340 e. The second-order valence-corrected chi connectivity index (χ2v) is 13.0. The van der Waals surface area contributed by atoms with Crippen molar-refractivity contribution in [1.82, 2.24) is 38.3 Å². The van der Waals surface area contributed by atoms with Gasteiger partial charge in [0.15, 0.2) is 0 Å². The third-order valence-corrected chi connectivity index (χ3v) is 9.49. The molecule has 12 nitrogen and oxygen atoms in total. The number of amides is 2. The lowest BCUT2D eigenvalue weighted by Gasteiger charge is -2.17. The Morgan fingerprint density at radius 3 is 2.29 bits per heavy atom. The molecule has 45 heavy (non-hydrogen) atoms. The average Bonchev–Trinajstić information content (AvgIpc) is 3.81. The Bertz CT molecular complexity index is 1990. The zero-order chi connectivity index (χ0) is 32.3. The molecule has 14 heteroatoms. The van der Waals surface area contributed by atoms with E-state index < -0.39 is 0 Å². The predicted octanol–water partition coefficient (Wildman–Crippen LogP) is 3.30. The van der Waals surface area contributed by atoms with Gasteiger partial charge in [0.05, 0.1) is 31.2 Å². The summed E-state index contributed by atoms with van der Waals surface area (Å²) in [4.78, 5) is 60.9. The normalized spacial score (nSPS) is 14.0. The minimum absolute atomic E-state index is 0.0603. The van der Waals surface area contributed by atoms with Gasteiger partial charge in [0.2, 0.25) is 0 Å². The van der Waals surface area contributed by atoms with Gasteiger partial charge in [-0.2, -0.15) is 5.10 Å². The molecule has 4 aromatic rings. The Kier molecular flexibility index (Phi) is 7.98. The van der Waals surface area contributed by atoms with E-state index in [1.807, 2.05) is 0 Å². The van der Waals surface area contributed by atoms with E-state index in [9.17, 15) is 19.2 Å². The van der Waals surface area contributed by atoms with Crippen LogP contribution in [0.2, 0.25) is 10.0 Å². The van der Waals surface area contributed by atoms with E-state index in [0.29, 0.717) is 52.8 Å². The summed E-state index contributed by atoms with van der Waals surface area (Å²) in [5.74, 6) is -0.0503. The topological polar surface area (TPSA) is 120 Å². The number of nitrogens with zero attached hydrogens (tertiary/aromatic N) is 8. The summed E-state index contributed by atoms with van der Waals surface area (Å²) >= 11 is 13.2. The lowest BCUT2D eigenvalue weighted by Crippen LogP contribution is -2.29. The van der Waals surface area contributed by atoms with Crippen molar-refractivity contribution in [2.45, 2.75) is 66.5 Å². The van der Waals surface area contributed by atoms with Crippen molar-refractivity contribution >= 4 is 35.0 Å². The lowest BCUT2D eigenvalue weighted by molar-refractivity contribution is 0.0739. The van der Waals surface area contributed by atoms with Gasteiger partial charge in [0.25, 0.3) is 22.9 Å². The summed E-state index contributed by atoms with van der Waals surface area (Å²) in [5, 5.41) is 4.48. The maximum absolute atomic E-state index is 13.5. The zero-order valence-electron chi connectivity index (χ0n) is 25.8. The molecule has 0 fully saturated rings. The molecule has 0 atom stereocenters. The van der Waals surface area contributed by atoms with Crippen molar-refractivity contribution in [3.05, 3.63) is 101 Å². The number of hydrogen-bond acceptors (Lipinski definition) is 6. The summed E-state index contributed by atoms with van der Waals surface area (Å²) < 4.78 is 6.53. The van der Waals surface area contributed by atoms with Crippen LogP contribution in [0.3, 0.4) is 0 Å². The summed E-state index contributed by atoms with van der Waals surface area (Å²) in [6, 6.07) is 0. The molecule has 0 saturated heterocycles. The van der Waals surface area contributed by atoms with Crippen molar-refractivity contribution < 1.29 is 9.59 Å². The first-order valence-corrected chi connectivity index (χ1v) is 15.5. The van der Waals surface area contributed by atoms with Gasteiger partial charge < -0.3 is 23.5 Å². The molecule has 0 N–H and O–H groups in total. The van der Waals surface area contributed by atoms with E-state index in [0.717, 1.165) is 11.1 Å². The van der Waals surface area contributed by atoms with Crippen LogP contribution < -0.4 is 11.1 Å². The summed E-state index contributed by atoms with van der Waals surface area (Å²) in [6.07, 6.45) is 6.79. The van der Waals surface area contributed by atoms with E-state index in [4.69, 9.17) is 23.2 Å². The number of halogens is 2. The highest BCUT2D eigenvalue weighted by atomic mass is 35.5. The van der Waals surface area contributed by atoms with Crippen LogP contribution in [0.4, 0.5) is 0 Å². The highest BCUT2D eigenvalue weighted by molar-refractivity contribution is 6.31. The largest absolute Gasteiger partial charge is 0.340 e. The first kappa shape index (κ1) is 30.8. The van der Waals surface area contributed by atoms with Crippen molar-refractivity contribution in [1.29, 1.82) is 0 Å². The van der Waals surface area contributed by atoms with Crippen LogP contribution in [0.25, 0.3) is 0 Å². The Morgan fingerprint density at radius 1 is 0.911 bits per heavy atom. The number of fused-ring (bicyclic) bond motifs is 2. The first-order valence-electron chi connectivity index (χ1n) is 14.7. The van der Waals surface area contributed by atoms with Crippen LogP contribution in [0.1, 0.15) is 68.3 Å². The number of aromatic nitrogens is 6. The molecule has 0 radical (unpaired) electrons. The second-order valence-electron chi connectivity index (χ2n) is 12.2. The number of pyridine rings is 2. The van der Waals surface area contributed by atoms with Gasteiger partial charge in [-0.15, -0.1) is 0 Å². The van der Waals surface area contributed by atoms with Crippen LogP contribution in [0.5, 0.6) is 0 Å². The molecule has 0 spiro atoms. The Balaban J connectivity index is 1.29. The van der Waals surface area contributed by atoms with Gasteiger partial charge in [0.1, 0.15) is 15.7 Å². The number of aryl methyl sites for hydroxylation is 1. The third kappa shape index (κ3) is 5.39. The number of hydrogen-bond donors (Lipinski definition) is 0. The van der Waals surface area contributed by atoms with Gasteiger partial charge in [-0.3, -0.25) is 23.9 Å². The molecule has 4 aromatic heterocycles. The fourth-order valence-corrected chi connectivity index (χ4v) is 6.83. The second kappa shape index (κ2) is 11.6. The van der Waals surface area contributed by atoms with Crippen LogP contribution in [-0.4, -0.2) is 50.1 Å². The quantitative estimate of drug-likeness (QED) is 0.302. The molecule has 0 unspecified atom stereocenters. The van der Waals surface area contributed by atoms with Crippen LogP contribution >= 0.6 is 23.2 Å². The molecule has 2 aliphatic rings. The molecular weight excluding hydrogens is 619 g/mol. The third-order valence-electron chi connectivity index (χ3n) is 8.66. The standard InChI is InChI=1S/C31H34Cl2N8O4/c1-17(2)9-40-10-19(8-35-40)28(42)38-12-22-20(27(33)30(44)37(5)24(22)14-38)6-7-41-25-15-39(29(43)23-13-36(4)16-34-23)11-21(25)18(3)26(32)31(41)45/h8,10,13,16-17H,6-7,9,11-12,14-15H2,1-5H3. The Hall–Kier alpha value is -4.16. The molecule has 0 aromatic carbocycles. The predicted molar refractivity (Wildman–Crippen MR) is 168 cm³/mol. The highest BCUT2D eigenvalue weighted by Gasteiger charge is 2.33. The smallest absolute Gasteiger partial charge is 0.274 e. The van der Waals surface area contributed by atoms with E-state index in [2.05, 4.69) is 23.9 Å². The molecule has 2 aliphatic heterocycles. The summed E-state index contributed by atoms with van der Waals surface area (Å²) in [7, 11) is 3.44. The first-order chi connectivity index (χ1) is 21.3. The molecule has 0 aliphatic carbocycles. The molecule has 6 rings (SSSR count). The van der Waals surface area contributed by atoms with Crippen molar-refractivity contribution in [2.24, 2.45) is 20.0 Å². The molecule has 236 valence electrons. The van der Waals surface area contributed by atoms with Crippen LogP contribution in [0.15, 0.2) is 34.5 Å². The number of carbonyl (C=O) groups excluding carboxylic acids is 2. The van der Waals surface area contributed by atoms with Crippen molar-refractivity contribution in [3.63, 3.8) is 0 Å². The zero-order valence-corrected chi connectivity index (χ0v) is 27.3. The van der Waals surface area contributed by atoms with Gasteiger partial charge in [-0.25, -0.2) is 4.98 Å². The Morgan fingerprint density at radius 2 is 1.60 bits per heavy atom. The summed E-state index contributed by atoms with van der Waals surface area (Å²) in [5.41, 5.74) is 4.30. The van der Waals surface area contributed by atoms with E-state index >= 15 is 0 Å². The highest BCUT2D eigenvalue weighted by Crippen LogP contribution is 2.32. The van der Waals surface area contributed by atoms with Crippen LogP contribution in [0, 0.1) is 12.8 Å². The molecule has 2 amide bonds. The maximum atomic E-state index is 13.5.